The minimum Gasteiger partial charge on any atom is -0.428 e. The highest BCUT2D eigenvalue weighted by Gasteiger charge is 2.09. The summed E-state index contributed by atoms with van der Waals surface area (Å²) in [6.45, 7) is 9.92. The second-order valence-corrected chi connectivity index (χ2v) is 13.5. The average Bonchev–Trinajstić information content (AvgIpc) is 2.06. The minimum absolute atomic E-state index is 0.0718. The molecule has 0 spiro atoms. The standard InChI is InChI=1S/C5H13N.C4H12OSi2/c1-5(2,3)6-4;1-7-4-2-3-5-6-7/h6H,1-4H3;7H,2-4,6H2,1H3. The summed E-state index contributed by atoms with van der Waals surface area (Å²) in [5.74, 6) is 0. The van der Waals surface area contributed by atoms with Gasteiger partial charge in [-0.2, -0.15) is 0 Å². The normalized spacial score (nSPS) is 25.2. The minimum atomic E-state index is -0.178. The fourth-order valence-corrected chi connectivity index (χ4v) is 5.78. The van der Waals surface area contributed by atoms with Gasteiger partial charge in [0.2, 0.25) is 0 Å². The van der Waals surface area contributed by atoms with Gasteiger partial charge in [-0.3, -0.25) is 0 Å². The maximum absolute atomic E-state index is 5.38. The molecule has 2 nitrogen and oxygen atoms in total. The molecule has 1 heterocycles. The first kappa shape index (κ1) is 13.4. The molecule has 1 rings (SSSR count). The van der Waals surface area contributed by atoms with Gasteiger partial charge < -0.3 is 9.74 Å². The molecule has 0 amide bonds. The first-order valence-electron chi connectivity index (χ1n) is 5.22. The van der Waals surface area contributed by atoms with Gasteiger partial charge >= 0.3 is 0 Å². The van der Waals surface area contributed by atoms with Crippen LogP contribution in [-0.2, 0) is 4.43 Å². The van der Waals surface area contributed by atoms with E-state index >= 15 is 0 Å². The number of hydrogen-bond donors (Lipinski definition) is 1. The average molecular weight is 219 g/mol. The molecule has 1 aliphatic rings. The third kappa shape index (κ3) is 10.3. The fourth-order valence-electron chi connectivity index (χ4n) is 0.902. The van der Waals surface area contributed by atoms with Crippen molar-refractivity contribution < 1.29 is 4.43 Å². The second-order valence-electron chi connectivity index (χ2n) is 4.82. The highest BCUT2D eigenvalue weighted by molar-refractivity contribution is 7.09. The lowest BCUT2D eigenvalue weighted by molar-refractivity contribution is 0.335. The third-order valence-electron chi connectivity index (χ3n) is 2.14. The molecule has 0 saturated carbocycles. The van der Waals surface area contributed by atoms with Crippen LogP contribution in [0.25, 0.3) is 0 Å². The Balaban J connectivity index is 0.000000226. The quantitative estimate of drug-likeness (QED) is 0.610. The summed E-state index contributed by atoms with van der Waals surface area (Å²) in [5.41, 5.74) is 0.292. The van der Waals surface area contributed by atoms with Crippen molar-refractivity contribution >= 4 is 17.6 Å². The molecule has 1 fully saturated rings. The van der Waals surface area contributed by atoms with E-state index in [0.717, 1.165) is 6.61 Å². The highest BCUT2D eigenvalue weighted by Crippen LogP contribution is 2.02. The Morgan fingerprint density at radius 3 is 2.08 bits per heavy atom. The number of rotatable bonds is 0. The molecule has 0 bridgehead atoms. The SMILES string of the molecule is CNC(C)(C)C.C[SiH]1CCCO[SiH2]1. The molecule has 0 aromatic rings. The summed E-state index contributed by atoms with van der Waals surface area (Å²) in [6.07, 6.45) is 1.36. The molecule has 80 valence electrons. The van der Waals surface area contributed by atoms with E-state index in [-0.39, 0.29) is 17.6 Å². The summed E-state index contributed by atoms with van der Waals surface area (Å²) >= 11 is 0. The van der Waals surface area contributed by atoms with Crippen molar-refractivity contribution in [2.24, 2.45) is 0 Å². The smallest absolute Gasteiger partial charge is 0.147 e. The van der Waals surface area contributed by atoms with Crippen LogP contribution in [-0.4, -0.2) is 36.8 Å². The lowest BCUT2D eigenvalue weighted by Crippen LogP contribution is -2.31. The third-order valence-corrected chi connectivity index (χ3v) is 8.26. The van der Waals surface area contributed by atoms with Crippen LogP contribution in [0.2, 0.25) is 12.6 Å². The summed E-state index contributed by atoms with van der Waals surface area (Å²) in [7, 11) is 1.85. The predicted molar refractivity (Wildman–Crippen MR) is 65.7 cm³/mol. The zero-order valence-corrected chi connectivity index (χ0v) is 12.4. The van der Waals surface area contributed by atoms with Gasteiger partial charge in [0.1, 0.15) is 9.28 Å². The first-order chi connectivity index (χ1) is 5.95. The molecule has 1 N–H and O–H groups in total. The second kappa shape index (κ2) is 6.76. The Hall–Kier alpha value is 0.354. The van der Waals surface area contributed by atoms with E-state index in [2.05, 4.69) is 32.6 Å². The van der Waals surface area contributed by atoms with E-state index in [0.29, 0.717) is 5.54 Å². The van der Waals surface area contributed by atoms with E-state index in [4.69, 9.17) is 4.43 Å². The zero-order chi connectivity index (χ0) is 10.3. The maximum Gasteiger partial charge on any atom is 0.147 e. The van der Waals surface area contributed by atoms with E-state index < -0.39 is 0 Å². The summed E-state index contributed by atoms with van der Waals surface area (Å²) in [6, 6.07) is 1.56. The van der Waals surface area contributed by atoms with Gasteiger partial charge in [-0.25, -0.2) is 0 Å². The Bertz CT molecular complexity index is 119. The lowest BCUT2D eigenvalue weighted by Gasteiger charge is -2.15. The van der Waals surface area contributed by atoms with Crippen molar-refractivity contribution in [2.75, 3.05) is 13.7 Å². The molecule has 1 saturated heterocycles. The molecule has 1 atom stereocenters. The molecule has 4 heteroatoms. The van der Waals surface area contributed by atoms with Crippen LogP contribution < -0.4 is 5.32 Å². The van der Waals surface area contributed by atoms with E-state index in [1.54, 1.807) is 6.04 Å². The Morgan fingerprint density at radius 1 is 1.38 bits per heavy atom. The molecule has 1 unspecified atom stereocenters. The van der Waals surface area contributed by atoms with Crippen LogP contribution in [0.1, 0.15) is 27.2 Å². The van der Waals surface area contributed by atoms with Crippen molar-refractivity contribution in [2.45, 2.75) is 45.3 Å². The van der Waals surface area contributed by atoms with Gasteiger partial charge in [-0.15, -0.1) is 0 Å². The van der Waals surface area contributed by atoms with Crippen LogP contribution in [0, 0.1) is 0 Å². The van der Waals surface area contributed by atoms with Gasteiger partial charge in [0.15, 0.2) is 0 Å². The predicted octanol–water partition coefficient (Wildman–Crippen LogP) is 0.848. The number of hydrogen-bond acceptors (Lipinski definition) is 2. The molecule has 0 aliphatic carbocycles. The van der Waals surface area contributed by atoms with Crippen molar-refractivity contribution in [1.82, 2.24) is 5.32 Å². The Morgan fingerprint density at radius 2 is 1.92 bits per heavy atom. The topological polar surface area (TPSA) is 21.3 Å². The van der Waals surface area contributed by atoms with Crippen molar-refractivity contribution in [3.8, 4) is 0 Å². The molecule has 0 radical (unpaired) electrons. The fraction of sp³-hybridized carbons (Fsp3) is 1.00. The molecular weight excluding hydrogens is 194 g/mol. The van der Waals surface area contributed by atoms with Crippen LogP contribution in [0.4, 0.5) is 0 Å². The van der Waals surface area contributed by atoms with Crippen LogP contribution in [0.15, 0.2) is 0 Å². The molecule has 0 aromatic carbocycles. The monoisotopic (exact) mass is 219 g/mol. The van der Waals surface area contributed by atoms with Gasteiger partial charge in [0.05, 0.1) is 8.31 Å². The Kier molecular flexibility index (Phi) is 6.94. The summed E-state index contributed by atoms with van der Waals surface area (Å²) < 4.78 is 5.38. The highest BCUT2D eigenvalue weighted by atomic mass is 29.2. The van der Waals surface area contributed by atoms with Gasteiger partial charge in [-0.1, -0.05) is 12.6 Å². The number of nitrogens with one attached hydrogen (secondary N) is 1. The van der Waals surface area contributed by atoms with Gasteiger partial charge in [0.25, 0.3) is 0 Å². The Labute approximate surface area is 86.8 Å². The summed E-state index contributed by atoms with van der Waals surface area (Å²) in [5, 5.41) is 3.10. The van der Waals surface area contributed by atoms with Gasteiger partial charge in [0, 0.05) is 12.1 Å². The molecule has 0 aromatic heterocycles. The van der Waals surface area contributed by atoms with E-state index in [1.807, 2.05) is 7.05 Å². The van der Waals surface area contributed by atoms with Crippen molar-refractivity contribution in [3.05, 3.63) is 0 Å². The molecule has 13 heavy (non-hydrogen) atoms. The zero-order valence-electron chi connectivity index (χ0n) is 9.81. The van der Waals surface area contributed by atoms with Crippen LogP contribution in [0.5, 0.6) is 0 Å². The largest absolute Gasteiger partial charge is 0.428 e. The lowest BCUT2D eigenvalue weighted by atomic mass is 10.1. The van der Waals surface area contributed by atoms with E-state index in [1.165, 1.54) is 6.42 Å². The van der Waals surface area contributed by atoms with Crippen molar-refractivity contribution in [3.63, 3.8) is 0 Å². The van der Waals surface area contributed by atoms with Gasteiger partial charge in [-0.05, 0) is 34.2 Å². The van der Waals surface area contributed by atoms with Crippen molar-refractivity contribution in [1.29, 1.82) is 0 Å². The van der Waals surface area contributed by atoms with Crippen LogP contribution in [0.3, 0.4) is 0 Å². The first-order valence-corrected chi connectivity index (χ1v) is 11.0. The van der Waals surface area contributed by atoms with E-state index in [9.17, 15) is 0 Å². The maximum atomic E-state index is 5.38. The molecular formula is C9H25NOSi2. The summed E-state index contributed by atoms with van der Waals surface area (Å²) in [4.78, 5) is 0. The molecule has 1 aliphatic heterocycles. The van der Waals surface area contributed by atoms with Crippen LogP contribution >= 0.6 is 0 Å².